The monoisotopic (exact) mass is 145 g/mol. The Morgan fingerprint density at radius 3 is 2.73 bits per heavy atom. The van der Waals surface area contributed by atoms with Crippen LogP contribution in [0.25, 0.3) is 11.4 Å². The Bertz CT molecular complexity index is 313. The maximum Gasteiger partial charge on any atom is 0.164 e. The molecule has 0 amide bonds. The third-order valence-corrected chi connectivity index (χ3v) is 1.27. The van der Waals surface area contributed by atoms with Crippen LogP contribution in [0.2, 0.25) is 0 Å². The van der Waals surface area contributed by atoms with Crippen LogP contribution in [0.15, 0.2) is 24.9 Å². The van der Waals surface area contributed by atoms with Crippen molar-refractivity contribution in [3.05, 3.63) is 31.1 Å². The fourth-order valence-corrected chi connectivity index (χ4v) is 0.795. The molecule has 4 nitrogen and oxygen atoms in total. The van der Waals surface area contributed by atoms with Crippen molar-refractivity contribution in [2.24, 2.45) is 0 Å². The van der Waals surface area contributed by atoms with E-state index < -0.39 is 0 Å². The van der Waals surface area contributed by atoms with E-state index in [1.54, 1.807) is 6.20 Å². The standard InChI is InChI=1S/C7H5N4/c1-2-8-3-6(1)7-10-4-9-5-11-7/h1-2,4-5,8H. The van der Waals surface area contributed by atoms with Gasteiger partial charge in [-0.05, 0) is 6.07 Å². The van der Waals surface area contributed by atoms with Crippen molar-refractivity contribution in [1.29, 1.82) is 0 Å². The fourth-order valence-electron chi connectivity index (χ4n) is 0.795. The van der Waals surface area contributed by atoms with Crippen LogP contribution in [0.5, 0.6) is 0 Å². The van der Waals surface area contributed by atoms with Crippen LogP contribution in [-0.2, 0) is 0 Å². The molecule has 53 valence electrons. The minimum Gasteiger partial charge on any atom is -0.359 e. The number of aromatic nitrogens is 4. The summed E-state index contributed by atoms with van der Waals surface area (Å²) in [7, 11) is 0. The van der Waals surface area contributed by atoms with Crippen molar-refractivity contribution in [3.8, 4) is 11.4 Å². The van der Waals surface area contributed by atoms with Gasteiger partial charge in [-0.15, -0.1) is 0 Å². The predicted molar refractivity (Wildman–Crippen MR) is 38.4 cm³/mol. The maximum atomic E-state index is 3.95. The summed E-state index contributed by atoms with van der Waals surface area (Å²) in [6.45, 7) is 0. The van der Waals surface area contributed by atoms with Gasteiger partial charge < -0.3 is 4.98 Å². The third kappa shape index (κ3) is 1.10. The SMILES string of the molecule is [c]1[nH]ccc1-c1ncncn1. The Morgan fingerprint density at radius 1 is 1.27 bits per heavy atom. The Labute approximate surface area is 63.4 Å². The molecule has 11 heavy (non-hydrogen) atoms. The van der Waals surface area contributed by atoms with Gasteiger partial charge in [0.05, 0.1) is 6.20 Å². The molecule has 1 radical (unpaired) electrons. The average Bonchev–Trinajstić information content (AvgIpc) is 2.58. The number of hydrogen-bond donors (Lipinski definition) is 1. The van der Waals surface area contributed by atoms with E-state index in [1.165, 1.54) is 12.7 Å². The van der Waals surface area contributed by atoms with Crippen LogP contribution in [0.3, 0.4) is 0 Å². The smallest absolute Gasteiger partial charge is 0.164 e. The molecule has 0 bridgehead atoms. The Morgan fingerprint density at radius 2 is 2.09 bits per heavy atom. The molecular weight excluding hydrogens is 140 g/mol. The molecule has 0 spiro atoms. The van der Waals surface area contributed by atoms with E-state index in [2.05, 4.69) is 26.1 Å². The van der Waals surface area contributed by atoms with Crippen molar-refractivity contribution in [2.75, 3.05) is 0 Å². The van der Waals surface area contributed by atoms with Crippen LogP contribution >= 0.6 is 0 Å². The van der Waals surface area contributed by atoms with Gasteiger partial charge in [0, 0.05) is 11.8 Å². The molecule has 0 unspecified atom stereocenters. The number of H-pyrrole nitrogens is 1. The predicted octanol–water partition coefficient (Wildman–Crippen LogP) is 0.667. The highest BCUT2D eigenvalue weighted by molar-refractivity contribution is 5.51. The van der Waals surface area contributed by atoms with Crippen molar-refractivity contribution in [3.63, 3.8) is 0 Å². The first-order chi connectivity index (χ1) is 5.47. The van der Waals surface area contributed by atoms with E-state index in [4.69, 9.17) is 0 Å². The Balaban J connectivity index is 2.46. The summed E-state index contributed by atoms with van der Waals surface area (Å²) in [5.41, 5.74) is 0.854. The van der Waals surface area contributed by atoms with Crippen LogP contribution in [-0.4, -0.2) is 19.9 Å². The van der Waals surface area contributed by atoms with Gasteiger partial charge in [0.15, 0.2) is 5.82 Å². The highest BCUT2D eigenvalue weighted by atomic mass is 15.0. The molecule has 2 aromatic rings. The lowest BCUT2D eigenvalue weighted by molar-refractivity contribution is 1.06. The summed E-state index contributed by atoms with van der Waals surface area (Å²) < 4.78 is 0. The molecule has 2 aromatic heterocycles. The molecule has 4 heteroatoms. The fraction of sp³-hybridized carbons (Fsp3) is 0. The first-order valence-corrected chi connectivity index (χ1v) is 3.14. The first-order valence-electron chi connectivity index (χ1n) is 3.14. The molecule has 0 aromatic carbocycles. The second-order valence-corrected chi connectivity index (χ2v) is 1.98. The van der Waals surface area contributed by atoms with Gasteiger partial charge in [-0.2, -0.15) is 0 Å². The normalized spacial score (nSPS) is 9.82. The van der Waals surface area contributed by atoms with E-state index in [0.717, 1.165) is 5.56 Å². The first kappa shape index (κ1) is 6.03. The van der Waals surface area contributed by atoms with Gasteiger partial charge in [-0.1, -0.05) is 0 Å². The number of hydrogen-bond acceptors (Lipinski definition) is 3. The van der Waals surface area contributed by atoms with Crippen LogP contribution < -0.4 is 0 Å². The van der Waals surface area contributed by atoms with E-state index in [-0.39, 0.29) is 0 Å². The minimum atomic E-state index is 0.640. The van der Waals surface area contributed by atoms with Crippen molar-refractivity contribution in [1.82, 2.24) is 19.9 Å². The van der Waals surface area contributed by atoms with Gasteiger partial charge in [0.25, 0.3) is 0 Å². The van der Waals surface area contributed by atoms with Crippen molar-refractivity contribution in [2.45, 2.75) is 0 Å². The molecule has 0 saturated heterocycles. The zero-order valence-corrected chi connectivity index (χ0v) is 5.65. The Hall–Kier alpha value is -1.71. The molecule has 0 aliphatic carbocycles. The molecule has 0 saturated carbocycles. The molecular formula is C7H5N4. The van der Waals surface area contributed by atoms with Crippen molar-refractivity contribution >= 4 is 0 Å². The van der Waals surface area contributed by atoms with E-state index >= 15 is 0 Å². The van der Waals surface area contributed by atoms with Crippen LogP contribution in [0, 0.1) is 6.20 Å². The Kier molecular flexibility index (Phi) is 1.37. The highest BCUT2D eigenvalue weighted by Crippen LogP contribution is 2.09. The van der Waals surface area contributed by atoms with E-state index in [9.17, 15) is 0 Å². The summed E-state index contributed by atoms with van der Waals surface area (Å²) >= 11 is 0. The van der Waals surface area contributed by atoms with Crippen molar-refractivity contribution < 1.29 is 0 Å². The molecule has 2 rings (SSSR count). The van der Waals surface area contributed by atoms with Crippen LogP contribution in [0.4, 0.5) is 0 Å². The van der Waals surface area contributed by atoms with Gasteiger partial charge in [0.1, 0.15) is 12.7 Å². The van der Waals surface area contributed by atoms with Crippen LogP contribution in [0.1, 0.15) is 0 Å². The topological polar surface area (TPSA) is 54.5 Å². The highest BCUT2D eigenvalue weighted by Gasteiger charge is 1.98. The van der Waals surface area contributed by atoms with Gasteiger partial charge >= 0.3 is 0 Å². The van der Waals surface area contributed by atoms with Gasteiger partial charge in [-0.25, -0.2) is 15.0 Å². The van der Waals surface area contributed by atoms with Gasteiger partial charge in [-0.3, -0.25) is 0 Å². The summed E-state index contributed by atoms with van der Waals surface area (Å²) in [5.74, 6) is 0.640. The molecule has 1 N–H and O–H groups in total. The molecule has 0 atom stereocenters. The number of aromatic amines is 1. The lowest BCUT2D eigenvalue weighted by Crippen LogP contribution is -1.86. The second-order valence-electron chi connectivity index (χ2n) is 1.98. The largest absolute Gasteiger partial charge is 0.359 e. The maximum absolute atomic E-state index is 3.95. The quantitative estimate of drug-likeness (QED) is 0.641. The summed E-state index contributed by atoms with van der Waals surface area (Å²) in [6, 6.07) is 1.86. The molecule has 2 heterocycles. The second kappa shape index (κ2) is 2.49. The minimum absolute atomic E-state index is 0.640. The van der Waals surface area contributed by atoms with Gasteiger partial charge in [0.2, 0.25) is 0 Å². The molecule has 0 aliphatic rings. The number of rotatable bonds is 1. The summed E-state index contributed by atoms with van der Waals surface area (Å²) in [6.07, 6.45) is 7.58. The van der Waals surface area contributed by atoms with E-state index in [0.29, 0.717) is 5.82 Å². The lowest BCUT2D eigenvalue weighted by Gasteiger charge is -1.89. The number of nitrogens with zero attached hydrogens (tertiary/aromatic N) is 3. The lowest BCUT2D eigenvalue weighted by atomic mass is 10.3. The summed E-state index contributed by atoms with van der Waals surface area (Å²) in [5, 5.41) is 0. The third-order valence-electron chi connectivity index (χ3n) is 1.27. The van der Waals surface area contributed by atoms with E-state index in [1.807, 2.05) is 6.07 Å². The summed E-state index contributed by atoms with van der Waals surface area (Å²) in [4.78, 5) is 14.4. The zero-order valence-electron chi connectivity index (χ0n) is 5.65. The molecule has 0 aliphatic heterocycles. The number of nitrogens with one attached hydrogen (secondary N) is 1. The average molecular weight is 145 g/mol. The zero-order chi connectivity index (χ0) is 7.52. The molecule has 0 fully saturated rings.